The number of aromatic nitrogens is 3. The largest absolute Gasteiger partial charge is 0.492 e. The number of carbonyl (C=O) groups is 6. The van der Waals surface area contributed by atoms with E-state index in [4.69, 9.17) is 14.5 Å². The third-order valence-corrected chi connectivity index (χ3v) is 14.5. The van der Waals surface area contributed by atoms with Crippen molar-refractivity contribution in [2.45, 2.75) is 82.8 Å². The highest BCUT2D eigenvalue weighted by molar-refractivity contribution is 6.05. The number of hydrogen-bond donors (Lipinski definition) is 3. The molecule has 5 aromatic rings. The second kappa shape index (κ2) is 23.1. The van der Waals surface area contributed by atoms with E-state index in [1.165, 1.54) is 11.1 Å². The van der Waals surface area contributed by atoms with Crippen LogP contribution in [0.2, 0.25) is 0 Å². The number of rotatable bonds is 19. The van der Waals surface area contributed by atoms with Crippen molar-refractivity contribution in [2.75, 3.05) is 70.5 Å². The molecule has 75 heavy (non-hydrogen) atoms. The summed E-state index contributed by atoms with van der Waals surface area (Å²) >= 11 is 0. The average Bonchev–Trinajstić information content (AvgIpc) is 3.99. The van der Waals surface area contributed by atoms with Gasteiger partial charge >= 0.3 is 0 Å². The van der Waals surface area contributed by atoms with Gasteiger partial charge in [-0.25, -0.2) is 18.3 Å². The number of nitriles is 1. The number of nitrogens with one attached hydrogen (secondary N) is 3. The van der Waals surface area contributed by atoms with Crippen molar-refractivity contribution in [3.8, 4) is 28.7 Å². The molecule has 3 saturated heterocycles. The summed E-state index contributed by atoms with van der Waals surface area (Å²) in [6, 6.07) is 15.0. The number of piperazine rings is 1. The third-order valence-electron chi connectivity index (χ3n) is 14.5. The Morgan fingerprint density at radius 2 is 1.72 bits per heavy atom. The molecular formula is C54H59F2N11O8. The number of unbranched alkanes of at least 4 members (excludes halogenated alkanes) is 3. The molecule has 21 heteroatoms. The van der Waals surface area contributed by atoms with Crippen LogP contribution in [0.15, 0.2) is 73.2 Å². The van der Waals surface area contributed by atoms with E-state index in [0.717, 1.165) is 48.0 Å². The third kappa shape index (κ3) is 11.9. The van der Waals surface area contributed by atoms with Crippen LogP contribution in [-0.4, -0.2) is 142 Å². The summed E-state index contributed by atoms with van der Waals surface area (Å²) < 4.78 is 42.4. The number of ether oxygens (including phenoxy) is 2. The first-order valence-electron chi connectivity index (χ1n) is 25.5. The molecule has 4 aliphatic heterocycles. The summed E-state index contributed by atoms with van der Waals surface area (Å²) in [6.45, 7) is 6.29. The Morgan fingerprint density at radius 1 is 0.920 bits per heavy atom. The number of nitrogens with zero attached hydrogens (tertiary/aromatic N) is 8. The number of pyridine rings is 2. The zero-order valence-electron chi connectivity index (χ0n) is 41.7. The number of fused-ring (bicyclic) bond motifs is 2. The van der Waals surface area contributed by atoms with Crippen LogP contribution < -0.4 is 30.3 Å². The minimum atomic E-state index is -0.815. The lowest BCUT2D eigenvalue weighted by molar-refractivity contribution is -0.137. The molecule has 3 aromatic heterocycles. The predicted molar refractivity (Wildman–Crippen MR) is 269 cm³/mol. The Balaban J connectivity index is 0.720. The molecular weight excluding hydrogens is 969 g/mol. The van der Waals surface area contributed by atoms with Crippen LogP contribution in [0.5, 0.6) is 11.5 Å². The van der Waals surface area contributed by atoms with Gasteiger partial charge in [0.05, 0.1) is 47.7 Å². The smallest absolute Gasteiger partial charge is 0.257 e. The lowest BCUT2D eigenvalue weighted by Crippen LogP contribution is -2.62. The van der Waals surface area contributed by atoms with E-state index in [1.807, 2.05) is 30.0 Å². The minimum Gasteiger partial charge on any atom is -0.492 e. The lowest BCUT2D eigenvalue weighted by atomic mass is 9.86. The molecule has 4 aliphatic rings. The molecule has 392 valence electrons. The van der Waals surface area contributed by atoms with Crippen molar-refractivity contribution in [1.29, 1.82) is 5.26 Å². The Hall–Kier alpha value is -7.99. The Bertz CT molecular complexity index is 3020. The number of hydrogen-bond acceptors (Lipinski definition) is 13. The number of piperidine rings is 2. The maximum atomic E-state index is 14.9. The molecule has 1 unspecified atom stereocenters. The van der Waals surface area contributed by atoms with Crippen molar-refractivity contribution < 1.29 is 47.0 Å². The maximum Gasteiger partial charge on any atom is 0.257 e. The number of amides is 6. The van der Waals surface area contributed by atoms with E-state index in [0.29, 0.717) is 125 Å². The lowest BCUT2D eigenvalue weighted by Gasteiger charge is -2.46. The van der Waals surface area contributed by atoms with E-state index < -0.39 is 35.0 Å². The Morgan fingerprint density at radius 3 is 2.47 bits per heavy atom. The standard InChI is InChI=1S/C54H59F2N11O8/c1-2-74-38-27-40(50-36(28-57)30-60-67(50)31-38)35-11-15-46(59-29-35)64-20-17-54(18-21-64,62-51(71)41-26-37(55)12-13-43(41)56)34-63-22-24-65(25-23-63)49(70)10-5-3-4-6-19-58-48(69)33-75-45-9-7-8-39-42(45)32-66(53(39)73)44-14-16-47(68)61-52(44)72/h7-9,11-13,15,26-27,29-31,44H,2-6,10,14,16-25,32-34H2,1H3,(H,58,69)(H,62,71)(H,61,68,72). The van der Waals surface area contributed by atoms with Crippen molar-refractivity contribution in [3.63, 3.8) is 0 Å². The van der Waals surface area contributed by atoms with Gasteiger partial charge in [0.1, 0.15) is 41.1 Å². The van der Waals surface area contributed by atoms with Gasteiger partial charge in [-0.2, -0.15) is 10.4 Å². The van der Waals surface area contributed by atoms with Crippen molar-refractivity contribution in [3.05, 3.63) is 107 Å². The number of imide groups is 1. The Labute approximate surface area is 432 Å². The quantitative estimate of drug-likeness (QED) is 0.0751. The second-order valence-corrected chi connectivity index (χ2v) is 19.4. The highest BCUT2D eigenvalue weighted by Crippen LogP contribution is 2.35. The summed E-state index contributed by atoms with van der Waals surface area (Å²) in [5.41, 5.74) is 2.43. The van der Waals surface area contributed by atoms with Crippen LogP contribution in [0.1, 0.15) is 96.6 Å². The van der Waals surface area contributed by atoms with E-state index in [-0.39, 0.29) is 55.2 Å². The predicted octanol–water partition coefficient (Wildman–Crippen LogP) is 4.76. The molecule has 7 heterocycles. The molecule has 3 fully saturated rings. The molecule has 3 N–H and O–H groups in total. The van der Waals surface area contributed by atoms with Crippen LogP contribution in [0.4, 0.5) is 14.6 Å². The van der Waals surface area contributed by atoms with Crippen molar-refractivity contribution >= 4 is 46.8 Å². The van der Waals surface area contributed by atoms with Crippen LogP contribution in [0, 0.1) is 23.0 Å². The van der Waals surface area contributed by atoms with Gasteiger partial charge in [-0.05, 0) is 87.6 Å². The first kappa shape index (κ1) is 51.9. The van der Waals surface area contributed by atoms with Gasteiger partial charge in [-0.1, -0.05) is 18.9 Å². The first-order chi connectivity index (χ1) is 36.3. The zero-order valence-corrected chi connectivity index (χ0v) is 41.7. The fourth-order valence-corrected chi connectivity index (χ4v) is 10.5. The van der Waals surface area contributed by atoms with Crippen LogP contribution in [0.3, 0.4) is 0 Å². The van der Waals surface area contributed by atoms with Gasteiger partial charge in [0.15, 0.2) is 6.61 Å². The average molecular weight is 1030 g/mol. The van der Waals surface area contributed by atoms with Crippen LogP contribution in [0.25, 0.3) is 16.6 Å². The maximum absolute atomic E-state index is 14.9. The SMILES string of the molecule is CCOc1cc(-c2ccc(N3CCC(CN4CCN(C(=O)CCCCCCNC(=O)COc5cccc6c5CN(C5CCC(=O)NC5=O)C6=O)CC4)(NC(=O)c4cc(F)ccc4F)CC3)nc2)c2c(C#N)cnn2c1. The number of halogens is 2. The molecule has 6 amide bonds. The number of anilines is 1. The van der Waals surface area contributed by atoms with Gasteiger partial charge in [0, 0.05) is 93.7 Å². The fraction of sp³-hybridized carbons (Fsp3) is 0.426. The normalized spacial score (nSPS) is 17.6. The van der Waals surface area contributed by atoms with E-state index in [9.17, 15) is 42.8 Å². The van der Waals surface area contributed by atoms with E-state index in [2.05, 4.69) is 36.9 Å². The van der Waals surface area contributed by atoms with Crippen molar-refractivity contribution in [2.24, 2.45) is 0 Å². The molecule has 0 radical (unpaired) electrons. The number of benzene rings is 2. The topological polar surface area (TPSA) is 224 Å². The van der Waals surface area contributed by atoms with Gasteiger partial charge in [-0.3, -0.25) is 39.0 Å². The molecule has 19 nitrogen and oxygen atoms in total. The van der Waals surface area contributed by atoms with Crippen LogP contribution >= 0.6 is 0 Å². The summed E-state index contributed by atoms with van der Waals surface area (Å²) in [6.07, 6.45) is 9.78. The molecule has 0 saturated carbocycles. The highest BCUT2D eigenvalue weighted by Gasteiger charge is 2.41. The molecule has 0 bridgehead atoms. The van der Waals surface area contributed by atoms with E-state index in [1.54, 1.807) is 35.1 Å². The Kier molecular flexibility index (Phi) is 16.0. The minimum absolute atomic E-state index is 0.0629. The molecule has 0 spiro atoms. The number of carbonyl (C=O) groups excluding carboxylic acids is 6. The second-order valence-electron chi connectivity index (χ2n) is 19.4. The molecule has 0 aliphatic carbocycles. The fourth-order valence-electron chi connectivity index (χ4n) is 10.5. The van der Waals surface area contributed by atoms with E-state index >= 15 is 0 Å². The van der Waals surface area contributed by atoms with Crippen LogP contribution in [-0.2, 0) is 25.7 Å². The monoisotopic (exact) mass is 1030 g/mol. The zero-order chi connectivity index (χ0) is 52.6. The molecule has 9 rings (SSSR count). The molecule has 2 aromatic carbocycles. The summed E-state index contributed by atoms with van der Waals surface area (Å²) in [4.78, 5) is 89.3. The van der Waals surface area contributed by atoms with Crippen molar-refractivity contribution in [1.82, 2.24) is 45.2 Å². The highest BCUT2D eigenvalue weighted by atomic mass is 19.1. The van der Waals surface area contributed by atoms with Gasteiger partial charge in [-0.15, -0.1) is 0 Å². The van der Waals surface area contributed by atoms with Gasteiger partial charge in [0.2, 0.25) is 17.7 Å². The summed E-state index contributed by atoms with van der Waals surface area (Å²) in [5.74, 6) is -1.96. The van der Waals surface area contributed by atoms with Gasteiger partial charge < -0.3 is 34.8 Å². The first-order valence-corrected chi connectivity index (χ1v) is 25.5. The summed E-state index contributed by atoms with van der Waals surface area (Å²) in [5, 5.41) is 22.4. The molecule has 1 atom stereocenters. The summed E-state index contributed by atoms with van der Waals surface area (Å²) in [7, 11) is 0. The van der Waals surface area contributed by atoms with Gasteiger partial charge in [0.25, 0.3) is 17.7 Å².